The van der Waals surface area contributed by atoms with Crippen LogP contribution in [0.1, 0.15) is 15.9 Å². The molecular weight excluding hydrogens is 243 g/mol. The minimum absolute atomic E-state index is 0.343. The summed E-state index contributed by atoms with van der Waals surface area (Å²) in [6, 6.07) is 13.1. The van der Waals surface area contributed by atoms with Crippen LogP contribution >= 0.6 is 0 Å². The molecule has 0 fully saturated rings. The molecule has 5 heteroatoms. The molecule has 4 nitrogen and oxygen atoms in total. The lowest BCUT2D eigenvalue weighted by molar-refractivity contribution is 0.0735. The number of hydrogen-bond donors (Lipinski definition) is 2. The SMILES string of the molecule is Cc1ccc(C(=O)Oc2ccc(B(O)O)cc2)cc1. The molecule has 2 aromatic rings. The Hall–Kier alpha value is -2.11. The molecule has 0 aromatic heterocycles. The van der Waals surface area contributed by atoms with Gasteiger partial charge in [-0.1, -0.05) is 29.8 Å². The molecule has 0 spiro atoms. The lowest BCUT2D eigenvalue weighted by atomic mass is 9.80. The second kappa shape index (κ2) is 5.69. The molecular formula is C14H13BO4. The zero-order valence-electron chi connectivity index (χ0n) is 10.4. The van der Waals surface area contributed by atoms with Gasteiger partial charge in [-0.25, -0.2) is 4.79 Å². The van der Waals surface area contributed by atoms with Crippen molar-refractivity contribution in [3.05, 3.63) is 59.7 Å². The van der Waals surface area contributed by atoms with Gasteiger partial charge in [0.15, 0.2) is 0 Å². The molecule has 0 bridgehead atoms. The highest BCUT2D eigenvalue weighted by molar-refractivity contribution is 6.58. The lowest BCUT2D eigenvalue weighted by Gasteiger charge is -2.05. The van der Waals surface area contributed by atoms with Gasteiger partial charge < -0.3 is 14.8 Å². The molecule has 0 atom stereocenters. The van der Waals surface area contributed by atoms with Crippen molar-refractivity contribution in [2.24, 2.45) is 0 Å². The maximum Gasteiger partial charge on any atom is 0.488 e. The van der Waals surface area contributed by atoms with Crippen molar-refractivity contribution in [1.82, 2.24) is 0 Å². The summed E-state index contributed by atoms with van der Waals surface area (Å²) in [7, 11) is -1.53. The van der Waals surface area contributed by atoms with E-state index in [-0.39, 0.29) is 0 Å². The van der Waals surface area contributed by atoms with Gasteiger partial charge in [0.2, 0.25) is 0 Å². The highest BCUT2D eigenvalue weighted by Crippen LogP contribution is 2.12. The average molecular weight is 256 g/mol. The maximum atomic E-state index is 11.8. The first-order valence-electron chi connectivity index (χ1n) is 5.81. The van der Waals surface area contributed by atoms with E-state index in [0.29, 0.717) is 16.8 Å². The molecule has 2 N–H and O–H groups in total. The Kier molecular flexibility index (Phi) is 3.99. The molecule has 19 heavy (non-hydrogen) atoms. The zero-order chi connectivity index (χ0) is 13.8. The highest BCUT2D eigenvalue weighted by atomic mass is 16.5. The standard InChI is InChI=1S/C14H13BO4/c1-10-2-4-11(5-3-10)14(16)19-13-8-6-12(7-9-13)15(17)18/h2-9,17-18H,1H3. The largest absolute Gasteiger partial charge is 0.488 e. The van der Waals surface area contributed by atoms with Crippen molar-refractivity contribution in [3.63, 3.8) is 0 Å². The normalized spacial score (nSPS) is 10.1. The summed E-state index contributed by atoms with van der Waals surface area (Å²) >= 11 is 0. The fourth-order valence-electron chi connectivity index (χ4n) is 1.56. The Balaban J connectivity index is 2.08. The van der Waals surface area contributed by atoms with E-state index in [1.807, 2.05) is 19.1 Å². The third-order valence-corrected chi connectivity index (χ3v) is 2.68. The molecule has 0 heterocycles. The van der Waals surface area contributed by atoms with Gasteiger partial charge in [-0.05, 0) is 36.7 Å². The van der Waals surface area contributed by atoms with Gasteiger partial charge in [-0.2, -0.15) is 0 Å². The predicted octanol–water partition coefficient (Wildman–Crippen LogP) is 0.894. The van der Waals surface area contributed by atoms with Crippen molar-refractivity contribution in [2.75, 3.05) is 0 Å². The van der Waals surface area contributed by atoms with E-state index in [9.17, 15) is 4.79 Å². The molecule has 2 rings (SSSR count). The minimum Gasteiger partial charge on any atom is -0.423 e. The maximum absolute atomic E-state index is 11.8. The van der Waals surface area contributed by atoms with Crippen LogP contribution in [0.5, 0.6) is 5.75 Å². The van der Waals surface area contributed by atoms with Crippen LogP contribution in [-0.2, 0) is 0 Å². The number of carbonyl (C=O) groups is 1. The minimum atomic E-state index is -1.53. The van der Waals surface area contributed by atoms with Gasteiger partial charge in [0.1, 0.15) is 5.75 Å². The van der Waals surface area contributed by atoms with Crippen LogP contribution in [-0.4, -0.2) is 23.1 Å². The summed E-state index contributed by atoms with van der Waals surface area (Å²) in [4.78, 5) is 11.8. The molecule has 0 radical (unpaired) electrons. The van der Waals surface area contributed by atoms with Crippen LogP contribution in [0.3, 0.4) is 0 Å². The van der Waals surface area contributed by atoms with Crippen molar-refractivity contribution in [2.45, 2.75) is 6.92 Å². The summed E-state index contributed by atoms with van der Waals surface area (Å²) in [5, 5.41) is 17.9. The number of esters is 1. The topological polar surface area (TPSA) is 66.8 Å². The molecule has 0 aliphatic rings. The average Bonchev–Trinajstić information content (AvgIpc) is 2.40. The Morgan fingerprint density at radius 3 is 2.11 bits per heavy atom. The van der Waals surface area contributed by atoms with Crippen LogP contribution in [0.15, 0.2) is 48.5 Å². The summed E-state index contributed by atoms with van der Waals surface area (Å²) in [5.74, 6) is -0.0905. The number of rotatable bonds is 3. The van der Waals surface area contributed by atoms with E-state index < -0.39 is 13.1 Å². The molecule has 0 saturated heterocycles. The summed E-state index contributed by atoms with van der Waals surface area (Å²) in [6.45, 7) is 1.94. The number of ether oxygens (including phenoxy) is 1. The van der Waals surface area contributed by atoms with Crippen LogP contribution in [0.4, 0.5) is 0 Å². The van der Waals surface area contributed by atoms with E-state index in [0.717, 1.165) is 5.56 Å². The predicted molar refractivity (Wildman–Crippen MR) is 72.4 cm³/mol. The fourth-order valence-corrected chi connectivity index (χ4v) is 1.56. The second-order valence-corrected chi connectivity index (χ2v) is 4.20. The molecule has 0 amide bonds. The molecule has 0 unspecified atom stereocenters. The van der Waals surface area contributed by atoms with Crippen molar-refractivity contribution >= 4 is 18.6 Å². The quantitative estimate of drug-likeness (QED) is 0.486. The van der Waals surface area contributed by atoms with Crippen LogP contribution in [0, 0.1) is 6.92 Å². The second-order valence-electron chi connectivity index (χ2n) is 4.20. The molecule has 0 saturated carbocycles. The van der Waals surface area contributed by atoms with E-state index in [1.54, 1.807) is 12.1 Å². The van der Waals surface area contributed by atoms with Gasteiger partial charge >= 0.3 is 13.1 Å². The zero-order valence-corrected chi connectivity index (χ0v) is 10.4. The Morgan fingerprint density at radius 2 is 1.58 bits per heavy atom. The van der Waals surface area contributed by atoms with Gasteiger partial charge in [0.25, 0.3) is 0 Å². The van der Waals surface area contributed by atoms with Gasteiger partial charge in [0, 0.05) is 0 Å². The van der Waals surface area contributed by atoms with Crippen molar-refractivity contribution < 1.29 is 19.6 Å². The summed E-state index contributed by atoms with van der Waals surface area (Å²) in [5.41, 5.74) is 1.88. The smallest absolute Gasteiger partial charge is 0.423 e. The number of hydrogen-bond acceptors (Lipinski definition) is 4. The first-order valence-corrected chi connectivity index (χ1v) is 5.81. The van der Waals surface area contributed by atoms with E-state index >= 15 is 0 Å². The number of benzene rings is 2. The molecule has 0 aliphatic heterocycles. The highest BCUT2D eigenvalue weighted by Gasteiger charge is 2.12. The third-order valence-electron chi connectivity index (χ3n) is 2.68. The van der Waals surface area contributed by atoms with Crippen molar-refractivity contribution in [3.8, 4) is 5.75 Å². The van der Waals surface area contributed by atoms with E-state index in [2.05, 4.69) is 0 Å². The first-order chi connectivity index (χ1) is 9.06. The van der Waals surface area contributed by atoms with Crippen LogP contribution in [0.2, 0.25) is 0 Å². The van der Waals surface area contributed by atoms with E-state index in [1.165, 1.54) is 24.3 Å². The van der Waals surface area contributed by atoms with Crippen LogP contribution in [0.25, 0.3) is 0 Å². The Labute approximate surface area is 111 Å². The summed E-state index contributed by atoms with van der Waals surface area (Å²) in [6.07, 6.45) is 0. The molecule has 96 valence electrons. The fraction of sp³-hybridized carbons (Fsp3) is 0.0714. The Morgan fingerprint density at radius 1 is 1.00 bits per heavy atom. The van der Waals surface area contributed by atoms with Gasteiger partial charge in [0.05, 0.1) is 5.56 Å². The molecule has 0 aliphatic carbocycles. The van der Waals surface area contributed by atoms with E-state index in [4.69, 9.17) is 14.8 Å². The number of aryl methyl sites for hydroxylation is 1. The van der Waals surface area contributed by atoms with Crippen LogP contribution < -0.4 is 10.2 Å². The summed E-state index contributed by atoms with van der Waals surface area (Å²) < 4.78 is 5.17. The monoisotopic (exact) mass is 256 g/mol. The van der Waals surface area contributed by atoms with Crippen molar-refractivity contribution in [1.29, 1.82) is 0 Å². The number of carbonyl (C=O) groups excluding carboxylic acids is 1. The van der Waals surface area contributed by atoms with Gasteiger partial charge in [-0.15, -0.1) is 0 Å². The first kappa shape index (κ1) is 13.3. The lowest BCUT2D eigenvalue weighted by Crippen LogP contribution is -2.29. The molecule has 2 aromatic carbocycles. The van der Waals surface area contributed by atoms with Gasteiger partial charge in [-0.3, -0.25) is 0 Å². The Bertz CT molecular complexity index is 561. The third kappa shape index (κ3) is 3.43.